The van der Waals surface area contributed by atoms with Crippen LogP contribution >= 0.6 is 22.9 Å². The van der Waals surface area contributed by atoms with Crippen LogP contribution in [0.5, 0.6) is 0 Å². The van der Waals surface area contributed by atoms with E-state index in [0.29, 0.717) is 6.54 Å². The molecule has 0 amide bonds. The first kappa shape index (κ1) is 16.8. The zero-order valence-corrected chi connectivity index (χ0v) is 13.5. The normalized spacial score (nSPS) is 11.1. The van der Waals surface area contributed by atoms with Crippen molar-refractivity contribution >= 4 is 22.9 Å². The van der Waals surface area contributed by atoms with Crippen molar-refractivity contribution in [2.75, 3.05) is 0 Å². The molecule has 2 N–H and O–H groups in total. The molecule has 1 aromatic carbocycles. The monoisotopic (exact) mass is 346 g/mol. The lowest BCUT2D eigenvalue weighted by molar-refractivity contribution is 0.602. The van der Waals surface area contributed by atoms with Gasteiger partial charge in [0.2, 0.25) is 0 Å². The summed E-state index contributed by atoms with van der Waals surface area (Å²) in [6, 6.07) is 12.0. The van der Waals surface area contributed by atoms with Crippen LogP contribution in [0.3, 0.4) is 0 Å². The van der Waals surface area contributed by atoms with Crippen LogP contribution in [0.2, 0.25) is 5.02 Å². The highest BCUT2D eigenvalue weighted by molar-refractivity contribution is 7.09. The molecule has 23 heavy (non-hydrogen) atoms. The van der Waals surface area contributed by atoms with Crippen molar-refractivity contribution < 1.29 is 4.39 Å². The van der Waals surface area contributed by atoms with Gasteiger partial charge in [-0.1, -0.05) is 23.7 Å². The van der Waals surface area contributed by atoms with Crippen LogP contribution < -0.4 is 10.6 Å². The number of thiophene rings is 1. The minimum Gasteiger partial charge on any atom is -0.370 e. The second-order valence-corrected chi connectivity index (χ2v) is 5.90. The Balaban J connectivity index is 2.10. The lowest BCUT2D eigenvalue weighted by Crippen LogP contribution is -2.21. The molecule has 0 bridgehead atoms. The van der Waals surface area contributed by atoms with E-state index in [-0.39, 0.29) is 28.5 Å². The Labute approximate surface area is 142 Å². The number of hydrogen-bond donors (Lipinski definition) is 2. The maximum Gasteiger partial charge on any atom is 0.148 e. The van der Waals surface area contributed by atoms with Crippen LogP contribution in [0.1, 0.15) is 10.4 Å². The van der Waals surface area contributed by atoms with Crippen LogP contribution in [-0.4, -0.2) is 0 Å². The summed E-state index contributed by atoms with van der Waals surface area (Å²) < 4.78 is 13.7. The van der Waals surface area contributed by atoms with Crippen molar-refractivity contribution in [2.24, 2.45) is 0 Å². The van der Waals surface area contributed by atoms with E-state index in [9.17, 15) is 14.9 Å². The van der Waals surface area contributed by atoms with Gasteiger partial charge in [-0.2, -0.15) is 10.5 Å². The molecule has 0 radical (unpaired) electrons. The summed E-state index contributed by atoms with van der Waals surface area (Å²) in [6.07, 6.45) is 0. The van der Waals surface area contributed by atoms with Gasteiger partial charge < -0.3 is 10.6 Å². The Hall–Kier alpha value is -2.54. The second-order valence-electron chi connectivity index (χ2n) is 4.46. The summed E-state index contributed by atoms with van der Waals surface area (Å²) in [7, 11) is 0. The highest BCUT2D eigenvalue weighted by atomic mass is 35.5. The first-order chi connectivity index (χ1) is 11.2. The summed E-state index contributed by atoms with van der Waals surface area (Å²) in [5.41, 5.74) is 0.397. The number of halogens is 2. The molecule has 2 rings (SSSR count). The average molecular weight is 347 g/mol. The van der Waals surface area contributed by atoms with Gasteiger partial charge in [-0.25, -0.2) is 4.39 Å². The fourth-order valence-corrected chi connectivity index (χ4v) is 2.71. The van der Waals surface area contributed by atoms with E-state index in [2.05, 4.69) is 10.6 Å². The first-order valence-electron chi connectivity index (χ1n) is 6.63. The van der Waals surface area contributed by atoms with E-state index in [1.165, 1.54) is 12.1 Å². The van der Waals surface area contributed by atoms with Gasteiger partial charge in [-0.05, 0) is 23.6 Å². The molecule has 1 heterocycles. The Kier molecular flexibility index (Phi) is 5.99. The minimum absolute atomic E-state index is 0.0141. The quantitative estimate of drug-likeness (QED) is 0.783. The molecule has 1 aromatic heterocycles. The maximum absolute atomic E-state index is 13.7. The largest absolute Gasteiger partial charge is 0.370 e. The number of nitrogens with one attached hydrogen (secondary N) is 2. The number of allylic oxidation sites excluding steroid dienone is 2. The molecule has 0 saturated heterocycles. The van der Waals surface area contributed by atoms with E-state index in [1.807, 2.05) is 29.7 Å². The predicted molar refractivity (Wildman–Crippen MR) is 87.7 cm³/mol. The highest BCUT2D eigenvalue weighted by Crippen LogP contribution is 2.19. The third-order valence-corrected chi connectivity index (χ3v) is 4.23. The van der Waals surface area contributed by atoms with Gasteiger partial charge in [-0.3, -0.25) is 0 Å². The smallest absolute Gasteiger partial charge is 0.148 e. The molecular formula is C16H12ClFN4S. The number of nitrogens with zero attached hydrogens (tertiary/aromatic N) is 2. The molecule has 0 spiro atoms. The van der Waals surface area contributed by atoms with Crippen LogP contribution in [-0.2, 0) is 13.1 Å². The Morgan fingerprint density at radius 2 is 1.78 bits per heavy atom. The van der Waals surface area contributed by atoms with Gasteiger partial charge >= 0.3 is 0 Å². The van der Waals surface area contributed by atoms with Crippen molar-refractivity contribution in [2.45, 2.75) is 13.1 Å². The molecular weight excluding hydrogens is 335 g/mol. The molecule has 0 aliphatic carbocycles. The van der Waals surface area contributed by atoms with Gasteiger partial charge in [0.25, 0.3) is 0 Å². The van der Waals surface area contributed by atoms with E-state index in [1.54, 1.807) is 17.4 Å². The third-order valence-electron chi connectivity index (χ3n) is 3.00. The van der Waals surface area contributed by atoms with Gasteiger partial charge in [0.15, 0.2) is 0 Å². The Bertz CT molecular complexity index is 767. The lowest BCUT2D eigenvalue weighted by Gasteiger charge is -2.10. The van der Waals surface area contributed by atoms with E-state index < -0.39 is 5.82 Å². The van der Waals surface area contributed by atoms with Crippen LogP contribution in [0.4, 0.5) is 4.39 Å². The predicted octanol–water partition coefficient (Wildman–Crippen LogP) is 3.68. The molecule has 0 unspecified atom stereocenters. The van der Waals surface area contributed by atoms with E-state index in [0.717, 1.165) is 4.88 Å². The zero-order chi connectivity index (χ0) is 16.7. The standard InChI is InChI=1S/C16H12ClFN4S/c17-13-4-1-5-14(18)12(13)10-22-16(8-20)15(7-19)21-9-11-3-2-6-23-11/h1-6,21-22H,9-10H2/b16-15+. The average Bonchev–Trinajstić information content (AvgIpc) is 3.06. The molecule has 0 fully saturated rings. The molecule has 7 heteroatoms. The molecule has 4 nitrogen and oxygen atoms in total. The maximum atomic E-state index is 13.7. The Morgan fingerprint density at radius 1 is 1.09 bits per heavy atom. The van der Waals surface area contributed by atoms with Gasteiger partial charge in [0, 0.05) is 22.0 Å². The Morgan fingerprint density at radius 3 is 2.35 bits per heavy atom. The van der Waals surface area contributed by atoms with Crippen molar-refractivity contribution in [3.05, 3.63) is 68.4 Å². The first-order valence-corrected chi connectivity index (χ1v) is 7.89. The summed E-state index contributed by atoms with van der Waals surface area (Å²) in [4.78, 5) is 1.03. The van der Waals surface area contributed by atoms with Crippen molar-refractivity contribution in [3.8, 4) is 12.1 Å². The lowest BCUT2D eigenvalue weighted by atomic mass is 10.2. The molecule has 116 valence electrons. The van der Waals surface area contributed by atoms with Gasteiger partial charge in [-0.15, -0.1) is 11.3 Å². The van der Waals surface area contributed by atoms with Crippen LogP contribution in [0, 0.1) is 28.5 Å². The fourth-order valence-electron chi connectivity index (χ4n) is 1.83. The number of nitriles is 2. The highest BCUT2D eigenvalue weighted by Gasteiger charge is 2.10. The fraction of sp³-hybridized carbons (Fsp3) is 0.125. The van der Waals surface area contributed by atoms with Crippen molar-refractivity contribution in [1.82, 2.24) is 10.6 Å². The third kappa shape index (κ3) is 4.46. The second kappa shape index (κ2) is 8.19. The molecule has 0 saturated carbocycles. The van der Waals surface area contributed by atoms with E-state index >= 15 is 0 Å². The summed E-state index contributed by atoms with van der Waals surface area (Å²) in [5, 5.41) is 26.3. The SMILES string of the molecule is N#C/C(NCc1cccs1)=C(/C#N)NCc1c(F)cccc1Cl. The topological polar surface area (TPSA) is 71.6 Å². The molecule has 0 aliphatic rings. The molecule has 2 aromatic rings. The van der Waals surface area contributed by atoms with Gasteiger partial charge in [0.1, 0.15) is 29.3 Å². The number of rotatable bonds is 6. The van der Waals surface area contributed by atoms with Gasteiger partial charge in [0.05, 0.1) is 6.54 Å². The van der Waals surface area contributed by atoms with Crippen molar-refractivity contribution in [3.63, 3.8) is 0 Å². The van der Waals surface area contributed by atoms with E-state index in [4.69, 9.17) is 11.6 Å². The minimum atomic E-state index is -0.465. The number of hydrogen-bond acceptors (Lipinski definition) is 5. The molecule has 0 aliphatic heterocycles. The summed E-state index contributed by atoms with van der Waals surface area (Å²) in [6.45, 7) is 0.453. The van der Waals surface area contributed by atoms with Crippen molar-refractivity contribution in [1.29, 1.82) is 10.5 Å². The van der Waals surface area contributed by atoms with Crippen LogP contribution in [0.25, 0.3) is 0 Å². The zero-order valence-electron chi connectivity index (χ0n) is 11.9. The number of benzene rings is 1. The summed E-state index contributed by atoms with van der Waals surface area (Å²) in [5.74, 6) is -0.465. The summed E-state index contributed by atoms with van der Waals surface area (Å²) >= 11 is 7.48. The van der Waals surface area contributed by atoms with Crippen LogP contribution in [0.15, 0.2) is 47.1 Å². The molecule has 0 atom stereocenters.